The van der Waals surface area contributed by atoms with Crippen LogP contribution in [-0.2, 0) is 0 Å². The number of carbonyl (C=O) groups excluding carboxylic acids is 1. The van der Waals surface area contributed by atoms with Crippen molar-refractivity contribution in [2.24, 2.45) is 0 Å². The van der Waals surface area contributed by atoms with E-state index in [-0.39, 0.29) is 11.9 Å². The highest BCUT2D eigenvalue weighted by Gasteiger charge is 2.24. The molecular formula is C14H22N4O. The number of nitrogens with two attached hydrogens (primary N) is 2. The lowest BCUT2D eigenvalue weighted by Crippen LogP contribution is -2.47. The number of amides is 1. The van der Waals surface area contributed by atoms with Crippen molar-refractivity contribution in [3.63, 3.8) is 0 Å². The Hall–Kier alpha value is -1.75. The van der Waals surface area contributed by atoms with E-state index < -0.39 is 0 Å². The molecule has 0 saturated carbocycles. The Morgan fingerprint density at radius 3 is 2.53 bits per heavy atom. The number of hydrogen-bond acceptors (Lipinski definition) is 4. The minimum absolute atomic E-state index is 0.0965. The molecule has 0 radical (unpaired) electrons. The van der Waals surface area contributed by atoms with Gasteiger partial charge in [0, 0.05) is 35.6 Å². The average Bonchev–Trinajstić information content (AvgIpc) is 2.32. The molecule has 1 aliphatic heterocycles. The molecule has 19 heavy (non-hydrogen) atoms. The second-order valence-electron chi connectivity index (χ2n) is 5.41. The lowest BCUT2D eigenvalue weighted by molar-refractivity contribution is 0.0896. The van der Waals surface area contributed by atoms with Crippen LogP contribution in [0.25, 0.3) is 0 Å². The van der Waals surface area contributed by atoms with E-state index in [1.54, 1.807) is 18.2 Å². The van der Waals surface area contributed by atoms with E-state index in [1.807, 2.05) is 0 Å². The summed E-state index contributed by atoms with van der Waals surface area (Å²) >= 11 is 0. The summed E-state index contributed by atoms with van der Waals surface area (Å²) in [6.45, 7) is 3.18. The summed E-state index contributed by atoms with van der Waals surface area (Å²) in [4.78, 5) is 14.5. The summed E-state index contributed by atoms with van der Waals surface area (Å²) in [5.41, 5.74) is 13.0. The fourth-order valence-electron chi connectivity index (χ4n) is 2.50. The fourth-order valence-corrected chi connectivity index (χ4v) is 2.50. The van der Waals surface area contributed by atoms with E-state index in [0.29, 0.717) is 23.0 Å². The van der Waals surface area contributed by atoms with E-state index in [4.69, 9.17) is 11.5 Å². The summed E-state index contributed by atoms with van der Waals surface area (Å²) in [6.07, 6.45) is 1.95. The Labute approximate surface area is 113 Å². The molecule has 0 aliphatic carbocycles. The number of nitrogens with one attached hydrogen (secondary N) is 1. The smallest absolute Gasteiger partial charge is 0.251 e. The number of likely N-dealkylation sites (tertiary alicyclic amines) is 1. The highest BCUT2D eigenvalue weighted by atomic mass is 16.1. The number of anilines is 2. The number of nitrogen functional groups attached to an aromatic ring is 2. The Bertz CT molecular complexity index is 454. The van der Waals surface area contributed by atoms with Gasteiger partial charge in [-0.15, -0.1) is 0 Å². The molecule has 0 spiro atoms. The normalized spacial score (nSPS) is 24.1. The Morgan fingerprint density at radius 2 is 1.95 bits per heavy atom. The lowest BCUT2D eigenvalue weighted by Gasteiger charge is -2.35. The van der Waals surface area contributed by atoms with Crippen molar-refractivity contribution in [2.45, 2.75) is 31.8 Å². The molecule has 0 bridgehead atoms. The van der Waals surface area contributed by atoms with Gasteiger partial charge in [-0.1, -0.05) is 0 Å². The SMILES string of the molecule is CC1CC(NC(=O)c2cc(N)cc(N)c2)CCN1C. The van der Waals surface area contributed by atoms with E-state index in [0.717, 1.165) is 19.4 Å². The van der Waals surface area contributed by atoms with Crippen molar-refractivity contribution in [1.82, 2.24) is 10.2 Å². The zero-order valence-electron chi connectivity index (χ0n) is 11.5. The Kier molecular flexibility index (Phi) is 3.95. The average molecular weight is 262 g/mol. The van der Waals surface area contributed by atoms with Crippen LogP contribution >= 0.6 is 0 Å². The van der Waals surface area contributed by atoms with Crippen LogP contribution in [0, 0.1) is 0 Å². The fraction of sp³-hybridized carbons (Fsp3) is 0.500. The molecule has 5 heteroatoms. The van der Waals surface area contributed by atoms with Crippen LogP contribution in [0.5, 0.6) is 0 Å². The van der Waals surface area contributed by atoms with Crippen molar-refractivity contribution >= 4 is 17.3 Å². The van der Waals surface area contributed by atoms with Crippen LogP contribution in [0.15, 0.2) is 18.2 Å². The van der Waals surface area contributed by atoms with Crippen LogP contribution in [-0.4, -0.2) is 36.5 Å². The molecule has 1 aromatic rings. The quantitative estimate of drug-likeness (QED) is 0.696. The third kappa shape index (κ3) is 3.38. The first-order valence-electron chi connectivity index (χ1n) is 6.63. The first-order valence-corrected chi connectivity index (χ1v) is 6.63. The van der Waals surface area contributed by atoms with Crippen molar-refractivity contribution in [1.29, 1.82) is 0 Å². The monoisotopic (exact) mass is 262 g/mol. The van der Waals surface area contributed by atoms with E-state index >= 15 is 0 Å². The van der Waals surface area contributed by atoms with Gasteiger partial charge in [-0.3, -0.25) is 4.79 Å². The van der Waals surface area contributed by atoms with E-state index in [9.17, 15) is 4.79 Å². The van der Waals surface area contributed by atoms with Crippen LogP contribution in [0.2, 0.25) is 0 Å². The molecule has 104 valence electrons. The second-order valence-corrected chi connectivity index (χ2v) is 5.41. The van der Waals surface area contributed by atoms with Gasteiger partial charge in [-0.25, -0.2) is 0 Å². The number of benzene rings is 1. The van der Waals surface area contributed by atoms with Gasteiger partial charge in [0.2, 0.25) is 0 Å². The molecule has 0 aromatic heterocycles. The maximum absolute atomic E-state index is 12.2. The predicted molar refractivity (Wildman–Crippen MR) is 77.8 cm³/mol. The van der Waals surface area contributed by atoms with Gasteiger partial charge in [0.1, 0.15) is 0 Å². The maximum atomic E-state index is 12.2. The number of piperidine rings is 1. The van der Waals surface area contributed by atoms with Crippen molar-refractivity contribution in [3.8, 4) is 0 Å². The number of rotatable bonds is 2. The van der Waals surface area contributed by atoms with E-state index in [1.165, 1.54) is 0 Å². The number of carbonyl (C=O) groups is 1. The van der Waals surface area contributed by atoms with Gasteiger partial charge >= 0.3 is 0 Å². The molecule has 1 heterocycles. The molecule has 2 unspecified atom stereocenters. The van der Waals surface area contributed by atoms with Gasteiger partial charge in [0.25, 0.3) is 5.91 Å². The number of nitrogens with zero attached hydrogens (tertiary/aromatic N) is 1. The highest BCUT2D eigenvalue weighted by molar-refractivity contribution is 5.96. The molecule has 1 saturated heterocycles. The predicted octanol–water partition coefficient (Wildman–Crippen LogP) is 1.06. The zero-order valence-corrected chi connectivity index (χ0v) is 11.5. The third-order valence-electron chi connectivity index (χ3n) is 3.78. The van der Waals surface area contributed by atoms with Gasteiger partial charge in [-0.05, 0) is 45.0 Å². The lowest BCUT2D eigenvalue weighted by atomic mass is 9.98. The van der Waals surface area contributed by atoms with Gasteiger partial charge in [-0.2, -0.15) is 0 Å². The molecular weight excluding hydrogens is 240 g/mol. The molecule has 1 aliphatic rings. The van der Waals surface area contributed by atoms with Gasteiger partial charge < -0.3 is 21.7 Å². The molecule has 5 N–H and O–H groups in total. The first kappa shape index (κ1) is 13.7. The first-order chi connectivity index (χ1) is 8.95. The minimum atomic E-state index is -0.0965. The van der Waals surface area contributed by atoms with Crippen molar-refractivity contribution in [3.05, 3.63) is 23.8 Å². The summed E-state index contributed by atoms with van der Waals surface area (Å²) in [7, 11) is 2.11. The van der Waals surface area contributed by atoms with Crippen molar-refractivity contribution < 1.29 is 4.79 Å². The molecule has 1 fully saturated rings. The van der Waals surface area contributed by atoms with Crippen molar-refractivity contribution in [2.75, 3.05) is 25.1 Å². The minimum Gasteiger partial charge on any atom is -0.399 e. The summed E-state index contributed by atoms with van der Waals surface area (Å²) in [5.74, 6) is -0.0965. The molecule has 5 nitrogen and oxygen atoms in total. The summed E-state index contributed by atoms with van der Waals surface area (Å²) in [5, 5.41) is 3.06. The molecule has 2 atom stereocenters. The van der Waals surface area contributed by atoms with Crippen LogP contribution in [0.1, 0.15) is 30.1 Å². The van der Waals surface area contributed by atoms with Crippen LogP contribution in [0.3, 0.4) is 0 Å². The van der Waals surface area contributed by atoms with Crippen LogP contribution < -0.4 is 16.8 Å². The van der Waals surface area contributed by atoms with Gasteiger partial charge in [0.05, 0.1) is 0 Å². The molecule has 1 aromatic carbocycles. The highest BCUT2D eigenvalue weighted by Crippen LogP contribution is 2.17. The van der Waals surface area contributed by atoms with Crippen LogP contribution in [0.4, 0.5) is 11.4 Å². The van der Waals surface area contributed by atoms with Gasteiger partial charge in [0.15, 0.2) is 0 Å². The second kappa shape index (κ2) is 5.48. The molecule has 2 rings (SSSR count). The summed E-state index contributed by atoms with van der Waals surface area (Å²) < 4.78 is 0. The number of hydrogen-bond donors (Lipinski definition) is 3. The maximum Gasteiger partial charge on any atom is 0.251 e. The third-order valence-corrected chi connectivity index (χ3v) is 3.78. The topological polar surface area (TPSA) is 84.4 Å². The standard InChI is InChI=1S/C14H22N4O/c1-9-5-13(3-4-18(9)2)17-14(19)10-6-11(15)8-12(16)7-10/h6-9,13H,3-5,15-16H2,1-2H3,(H,17,19). The summed E-state index contributed by atoms with van der Waals surface area (Å²) in [6, 6.07) is 5.68. The largest absolute Gasteiger partial charge is 0.399 e. The molecule has 1 amide bonds. The Balaban J connectivity index is 2.01. The zero-order chi connectivity index (χ0) is 14.0. The Morgan fingerprint density at radius 1 is 1.32 bits per heavy atom. The van der Waals surface area contributed by atoms with E-state index in [2.05, 4.69) is 24.2 Å².